The number of likely N-dealkylation sites (tertiary alicyclic amines) is 1. The maximum Gasteiger partial charge on any atom is 0.317 e. The van der Waals surface area contributed by atoms with Gasteiger partial charge in [-0.15, -0.1) is 0 Å². The minimum Gasteiger partial charge on any atom is -0.480 e. The van der Waals surface area contributed by atoms with Crippen molar-refractivity contribution in [3.8, 4) is 0 Å². The molecule has 2 aliphatic heterocycles. The quantitative estimate of drug-likeness (QED) is 0.145. The molecule has 2 unspecified atom stereocenters. The molecule has 15 nitrogen and oxygen atoms in total. The van der Waals surface area contributed by atoms with Crippen molar-refractivity contribution in [1.82, 2.24) is 24.9 Å². The Labute approximate surface area is 324 Å². The zero-order chi connectivity index (χ0) is 39.6. The number of benzene rings is 1. The van der Waals surface area contributed by atoms with Gasteiger partial charge in [0.25, 0.3) is 0 Å². The molecule has 2 atom stereocenters. The van der Waals surface area contributed by atoms with Crippen LogP contribution in [0.15, 0.2) is 24.3 Å². The summed E-state index contributed by atoms with van der Waals surface area (Å²) in [7, 11) is 0. The molecular weight excluding hydrogens is 708 g/mol. The van der Waals surface area contributed by atoms with Crippen LogP contribution in [0.1, 0.15) is 89.0 Å². The summed E-state index contributed by atoms with van der Waals surface area (Å²) in [6.07, 6.45) is 13.0. The molecule has 3 amide bonds. The van der Waals surface area contributed by atoms with Crippen molar-refractivity contribution in [2.45, 2.75) is 95.9 Å². The zero-order valence-corrected chi connectivity index (χ0v) is 32.3. The molecule has 0 aromatic heterocycles. The van der Waals surface area contributed by atoms with E-state index in [1.54, 1.807) is 21.9 Å². The van der Waals surface area contributed by atoms with Crippen LogP contribution >= 0.6 is 0 Å². The van der Waals surface area contributed by atoms with Gasteiger partial charge in [-0.1, -0.05) is 63.5 Å². The minimum absolute atomic E-state index is 0.0702. The van der Waals surface area contributed by atoms with Gasteiger partial charge in [0.1, 0.15) is 0 Å². The standard InChI is InChI=1S/C40H62N6O9/c47-35(12-9-17-46-36(48)25-34(40(46)55)31-10-7-5-3-1-2-4-6-8-11-31)42-32-15-13-30(14-16-32)24-33(41-26-37(49)50)27-43-18-20-44(28-38(51)52)22-23-45(21-19-43)29-39(53)54/h13-16,31,33-34,41H,1-12,17-29H2,(H,42,47)(H,49,50)(H,51,52)(H,53,54). The van der Waals surface area contributed by atoms with Crippen LogP contribution in [0, 0.1) is 11.8 Å². The van der Waals surface area contributed by atoms with E-state index >= 15 is 0 Å². The van der Waals surface area contributed by atoms with Crippen molar-refractivity contribution in [2.24, 2.45) is 11.8 Å². The van der Waals surface area contributed by atoms with Crippen LogP contribution in [-0.2, 0) is 35.2 Å². The topological polar surface area (TPSA) is 200 Å². The van der Waals surface area contributed by atoms with E-state index in [0.29, 0.717) is 64.3 Å². The molecule has 2 saturated heterocycles. The molecule has 15 heteroatoms. The Balaban J connectivity index is 1.27. The Kier molecular flexibility index (Phi) is 18.5. The summed E-state index contributed by atoms with van der Waals surface area (Å²) in [5.41, 5.74) is 1.51. The Bertz CT molecular complexity index is 1390. The monoisotopic (exact) mass is 770 g/mol. The minimum atomic E-state index is -0.998. The Morgan fingerprint density at radius 3 is 1.76 bits per heavy atom. The molecule has 3 fully saturated rings. The van der Waals surface area contributed by atoms with Gasteiger partial charge in [0, 0.05) is 76.9 Å². The van der Waals surface area contributed by atoms with Crippen LogP contribution in [-0.4, -0.2) is 149 Å². The number of rotatable bonds is 17. The normalized spacial score (nSPS) is 21.2. The third-order valence-electron chi connectivity index (χ3n) is 11.2. The molecule has 306 valence electrons. The number of aliphatic carboxylic acids is 3. The first-order valence-electron chi connectivity index (χ1n) is 20.3. The number of anilines is 1. The third-order valence-corrected chi connectivity index (χ3v) is 11.2. The molecule has 1 aromatic rings. The summed E-state index contributed by atoms with van der Waals surface area (Å²) in [5, 5.41) is 34.1. The lowest BCUT2D eigenvalue weighted by Gasteiger charge is -2.29. The van der Waals surface area contributed by atoms with Crippen LogP contribution in [0.25, 0.3) is 0 Å². The number of imide groups is 1. The van der Waals surface area contributed by atoms with Crippen LogP contribution in [0.3, 0.4) is 0 Å². The van der Waals surface area contributed by atoms with E-state index in [1.807, 2.05) is 12.1 Å². The number of hydrogen-bond donors (Lipinski definition) is 5. The average molecular weight is 771 g/mol. The van der Waals surface area contributed by atoms with Gasteiger partial charge in [0.2, 0.25) is 17.7 Å². The predicted octanol–water partition coefficient (Wildman–Crippen LogP) is 2.99. The second-order valence-electron chi connectivity index (χ2n) is 15.5. The Morgan fingerprint density at radius 2 is 1.24 bits per heavy atom. The van der Waals surface area contributed by atoms with E-state index in [0.717, 1.165) is 31.2 Å². The van der Waals surface area contributed by atoms with Crippen molar-refractivity contribution in [3.63, 3.8) is 0 Å². The lowest BCUT2D eigenvalue weighted by molar-refractivity contribution is -0.141. The summed E-state index contributed by atoms with van der Waals surface area (Å²) in [6, 6.07) is 7.04. The second-order valence-corrected chi connectivity index (χ2v) is 15.5. The van der Waals surface area contributed by atoms with Crippen LogP contribution in [0.5, 0.6) is 0 Å². The van der Waals surface area contributed by atoms with Crippen LogP contribution in [0.2, 0.25) is 0 Å². The van der Waals surface area contributed by atoms with E-state index in [9.17, 15) is 44.1 Å². The fraction of sp³-hybridized carbons (Fsp3) is 0.700. The molecule has 5 N–H and O–H groups in total. The smallest absolute Gasteiger partial charge is 0.317 e. The van der Waals surface area contributed by atoms with E-state index < -0.39 is 17.9 Å². The highest BCUT2D eigenvalue weighted by molar-refractivity contribution is 6.03. The largest absolute Gasteiger partial charge is 0.480 e. The molecule has 55 heavy (non-hydrogen) atoms. The van der Waals surface area contributed by atoms with Gasteiger partial charge < -0.3 is 26.0 Å². The lowest BCUT2D eigenvalue weighted by Crippen LogP contribution is -2.47. The number of carboxylic acid groups (broad SMARTS) is 3. The first-order valence-corrected chi connectivity index (χ1v) is 20.3. The SMILES string of the molecule is O=C(O)CNC(Cc1ccc(NC(=O)CCCN2C(=O)CC(C3CCCCCCCCCC3)C2=O)cc1)CN1CCN(CC(=O)O)CCN(CC(=O)O)CC1. The van der Waals surface area contributed by atoms with Crippen LogP contribution in [0.4, 0.5) is 5.69 Å². The Hall–Kier alpha value is -3.92. The molecular formula is C40H62N6O9. The molecule has 0 spiro atoms. The van der Waals surface area contributed by atoms with Crippen molar-refractivity contribution in [2.75, 3.05) is 77.3 Å². The number of amides is 3. The van der Waals surface area contributed by atoms with Gasteiger partial charge in [0.15, 0.2) is 0 Å². The number of carbonyl (C=O) groups is 6. The summed E-state index contributed by atoms with van der Waals surface area (Å²) >= 11 is 0. The van der Waals surface area contributed by atoms with Gasteiger partial charge in [-0.05, 0) is 49.3 Å². The van der Waals surface area contributed by atoms with Crippen molar-refractivity contribution in [1.29, 1.82) is 0 Å². The van der Waals surface area contributed by atoms with Crippen LogP contribution < -0.4 is 10.6 Å². The maximum absolute atomic E-state index is 13.4. The van der Waals surface area contributed by atoms with Crippen molar-refractivity contribution in [3.05, 3.63) is 29.8 Å². The van der Waals surface area contributed by atoms with Crippen molar-refractivity contribution < 1.29 is 44.1 Å². The lowest BCUT2D eigenvalue weighted by atomic mass is 9.83. The number of nitrogens with one attached hydrogen (secondary N) is 2. The number of hydrogen-bond acceptors (Lipinski definition) is 10. The predicted molar refractivity (Wildman–Crippen MR) is 207 cm³/mol. The van der Waals surface area contributed by atoms with E-state index in [-0.39, 0.29) is 74.6 Å². The summed E-state index contributed by atoms with van der Waals surface area (Å²) in [6.45, 7) is 2.99. The molecule has 3 aliphatic rings. The number of carbonyl (C=O) groups excluding carboxylic acids is 3. The average Bonchev–Trinajstić information content (AvgIpc) is 3.42. The second kappa shape index (κ2) is 23.2. The van der Waals surface area contributed by atoms with Crippen molar-refractivity contribution >= 4 is 41.3 Å². The molecule has 1 saturated carbocycles. The number of nitrogens with zero attached hydrogens (tertiary/aromatic N) is 4. The number of carboxylic acids is 3. The zero-order valence-electron chi connectivity index (χ0n) is 32.3. The maximum atomic E-state index is 13.4. The highest BCUT2D eigenvalue weighted by Crippen LogP contribution is 2.34. The molecule has 0 bridgehead atoms. The molecule has 0 radical (unpaired) electrons. The Morgan fingerprint density at radius 1 is 0.709 bits per heavy atom. The van der Waals surface area contributed by atoms with Gasteiger partial charge in [-0.25, -0.2) is 0 Å². The highest BCUT2D eigenvalue weighted by Gasteiger charge is 2.42. The van der Waals surface area contributed by atoms with Gasteiger partial charge in [-0.3, -0.25) is 48.4 Å². The fourth-order valence-corrected chi connectivity index (χ4v) is 8.17. The highest BCUT2D eigenvalue weighted by atomic mass is 16.4. The third kappa shape index (κ3) is 16.0. The van der Waals surface area contributed by atoms with E-state index in [1.165, 1.54) is 43.4 Å². The van der Waals surface area contributed by atoms with Gasteiger partial charge in [-0.2, -0.15) is 0 Å². The summed E-state index contributed by atoms with van der Waals surface area (Å²) in [4.78, 5) is 80.5. The summed E-state index contributed by atoms with van der Waals surface area (Å²) in [5.74, 6) is -3.30. The van der Waals surface area contributed by atoms with E-state index in [2.05, 4.69) is 15.5 Å². The van der Waals surface area contributed by atoms with Gasteiger partial charge >= 0.3 is 17.9 Å². The van der Waals surface area contributed by atoms with E-state index in [4.69, 9.17) is 0 Å². The fourth-order valence-electron chi connectivity index (χ4n) is 8.17. The molecule has 2 heterocycles. The molecule has 1 aliphatic carbocycles. The van der Waals surface area contributed by atoms with Gasteiger partial charge in [0.05, 0.1) is 25.6 Å². The first kappa shape index (κ1) is 43.8. The first-order chi connectivity index (χ1) is 26.5. The molecule has 1 aromatic carbocycles. The molecule has 4 rings (SSSR count). The summed E-state index contributed by atoms with van der Waals surface area (Å²) < 4.78 is 0.